The van der Waals surface area contributed by atoms with Crippen LogP contribution >= 0.6 is 0 Å². The number of benzene rings is 6. The van der Waals surface area contributed by atoms with Crippen LogP contribution in [0.15, 0.2) is 134 Å². The van der Waals surface area contributed by atoms with Crippen molar-refractivity contribution in [1.29, 1.82) is 0 Å². The van der Waals surface area contributed by atoms with Crippen molar-refractivity contribution in [2.75, 3.05) is 0 Å². The van der Waals surface area contributed by atoms with Gasteiger partial charge in [-0.3, -0.25) is 13.8 Å². The van der Waals surface area contributed by atoms with E-state index in [4.69, 9.17) is 24.7 Å². The maximum Gasteiger partial charge on any atom is 0.165 e. The largest absolute Gasteiger partial charge is 0.457 e. The van der Waals surface area contributed by atoms with Crippen molar-refractivity contribution in [1.82, 2.24) is 28.7 Å². The van der Waals surface area contributed by atoms with Crippen LogP contribution in [-0.4, -0.2) is 28.7 Å². The highest BCUT2D eigenvalue weighted by molar-refractivity contribution is 6.19. The highest BCUT2D eigenvalue weighted by Crippen LogP contribution is 2.42. The fourth-order valence-electron chi connectivity index (χ4n) is 8.12. The Morgan fingerprint density at radius 1 is 0.490 bits per heavy atom. The number of pyridine rings is 2. The molecule has 0 unspecified atom stereocenters. The van der Waals surface area contributed by atoms with Crippen LogP contribution in [-0.2, 0) is 0 Å². The zero-order valence-electron chi connectivity index (χ0n) is 27.8. The third kappa shape index (κ3) is 3.94. The molecule has 0 N–H and O–H groups in total. The van der Waals surface area contributed by atoms with Crippen LogP contribution in [0.2, 0.25) is 0 Å². The Morgan fingerprint density at radius 2 is 1.08 bits per heavy atom. The Bertz CT molecular complexity index is 3250. The number of nitrogens with zero attached hydrogens (tertiary/aromatic N) is 6. The summed E-state index contributed by atoms with van der Waals surface area (Å²) in [5.74, 6) is 1.44. The first-order chi connectivity index (χ1) is 25.1. The van der Waals surface area contributed by atoms with Crippen molar-refractivity contribution < 1.29 is 4.74 Å². The normalized spacial score (nSPS) is 12.1. The Kier molecular flexibility index (Phi) is 5.67. The molecule has 0 aliphatic rings. The highest BCUT2D eigenvalue weighted by atomic mass is 16.5. The molecule has 6 aromatic carbocycles. The first-order valence-electron chi connectivity index (χ1n) is 17.1. The molecule has 51 heavy (non-hydrogen) atoms. The zero-order chi connectivity index (χ0) is 33.8. The minimum atomic E-state index is 0.709. The monoisotopic (exact) mass is 656 g/mol. The van der Waals surface area contributed by atoms with Gasteiger partial charge in [-0.2, -0.15) is 0 Å². The lowest BCUT2D eigenvalue weighted by Crippen LogP contribution is -1.97. The molecule has 7 heteroatoms. The van der Waals surface area contributed by atoms with Gasteiger partial charge in [-0.15, -0.1) is 0 Å². The van der Waals surface area contributed by atoms with Crippen molar-refractivity contribution in [3.63, 3.8) is 0 Å². The van der Waals surface area contributed by atoms with Crippen LogP contribution in [0.3, 0.4) is 0 Å². The summed E-state index contributed by atoms with van der Waals surface area (Å²) in [7, 11) is 0. The molecular weight excluding hydrogens is 629 g/mol. The van der Waals surface area contributed by atoms with E-state index >= 15 is 0 Å². The molecule has 0 radical (unpaired) electrons. The molecule has 0 spiro atoms. The molecule has 0 saturated carbocycles. The Balaban J connectivity index is 1.16. The number of rotatable bonds is 3. The molecule has 0 bridgehead atoms. The molecule has 0 amide bonds. The summed E-state index contributed by atoms with van der Waals surface area (Å²) in [6, 6.07) is 42.1. The number of hydrogen-bond acceptors (Lipinski definition) is 5. The lowest BCUT2D eigenvalue weighted by atomic mass is 9.91. The molecular formula is C44H28N6O. The number of imidazole rings is 2. The summed E-state index contributed by atoms with van der Waals surface area (Å²) in [4.78, 5) is 19.7. The summed E-state index contributed by atoms with van der Waals surface area (Å²) in [5, 5.41) is 5.28. The van der Waals surface area contributed by atoms with Crippen LogP contribution in [0.5, 0.6) is 11.5 Å². The standard InChI is InChI=1S/C44H28N6O/c1-25-9-7-10-26(2)39(25)31-11-8-16-38-40(31)29-19-17-27(23-32(29)42-47-34-12-3-5-14-36(34)49(38)42)51-28-18-20-30-33(24-28)43-48-35-13-4-6-15-37(35)50(43)44-41(30)45-21-22-46-44/h3-24H,1-2H3. The maximum atomic E-state index is 6.71. The minimum Gasteiger partial charge on any atom is -0.457 e. The van der Waals surface area contributed by atoms with E-state index in [1.807, 2.05) is 30.3 Å². The molecule has 11 aromatic rings. The van der Waals surface area contributed by atoms with E-state index < -0.39 is 0 Å². The number of aromatic nitrogens is 6. The molecule has 0 atom stereocenters. The quantitative estimate of drug-likeness (QED) is 0.177. The van der Waals surface area contributed by atoms with Gasteiger partial charge in [0.05, 0.1) is 27.6 Å². The molecule has 5 aromatic heterocycles. The highest BCUT2D eigenvalue weighted by Gasteiger charge is 2.20. The second-order valence-electron chi connectivity index (χ2n) is 13.2. The van der Waals surface area contributed by atoms with Crippen molar-refractivity contribution in [3.05, 3.63) is 145 Å². The van der Waals surface area contributed by atoms with Gasteiger partial charge in [0.15, 0.2) is 5.65 Å². The van der Waals surface area contributed by atoms with Gasteiger partial charge in [0, 0.05) is 33.9 Å². The number of ether oxygens (including phenoxy) is 1. The van der Waals surface area contributed by atoms with Crippen LogP contribution < -0.4 is 4.74 Å². The van der Waals surface area contributed by atoms with E-state index in [0.29, 0.717) is 5.75 Å². The van der Waals surface area contributed by atoms with Crippen molar-refractivity contribution in [3.8, 4) is 22.6 Å². The summed E-state index contributed by atoms with van der Waals surface area (Å²) >= 11 is 0. The third-order valence-electron chi connectivity index (χ3n) is 10.3. The van der Waals surface area contributed by atoms with Gasteiger partial charge >= 0.3 is 0 Å². The number of fused-ring (bicyclic) bond motifs is 16. The first-order valence-corrected chi connectivity index (χ1v) is 17.1. The van der Waals surface area contributed by atoms with E-state index in [-0.39, 0.29) is 0 Å². The molecule has 0 fully saturated rings. The van der Waals surface area contributed by atoms with E-state index in [2.05, 4.69) is 114 Å². The van der Waals surface area contributed by atoms with E-state index in [0.717, 1.165) is 77.3 Å². The molecule has 7 nitrogen and oxygen atoms in total. The maximum absolute atomic E-state index is 6.71. The van der Waals surface area contributed by atoms with E-state index in [1.54, 1.807) is 12.4 Å². The Morgan fingerprint density at radius 3 is 1.82 bits per heavy atom. The van der Waals surface area contributed by atoms with Crippen LogP contribution in [0.1, 0.15) is 11.1 Å². The van der Waals surface area contributed by atoms with Gasteiger partial charge in [-0.25, -0.2) is 15.0 Å². The summed E-state index contributed by atoms with van der Waals surface area (Å²) in [5.41, 5.74) is 13.3. The fourth-order valence-corrected chi connectivity index (χ4v) is 8.12. The molecule has 11 rings (SSSR count). The van der Waals surface area contributed by atoms with Gasteiger partial charge in [-0.1, -0.05) is 54.6 Å². The lowest BCUT2D eigenvalue weighted by Gasteiger charge is -2.17. The predicted octanol–water partition coefficient (Wildman–Crippen LogP) is 10.8. The number of aryl methyl sites for hydroxylation is 2. The number of hydrogen-bond donors (Lipinski definition) is 0. The molecule has 0 aliphatic carbocycles. The SMILES string of the molecule is Cc1cccc(C)c1-c1cccc2c1c1ccc(Oc3ccc4c(c3)c3nc5ccccc5n3c3nccnc43)cc1c1nc3ccccc3n21. The van der Waals surface area contributed by atoms with E-state index in [1.165, 1.54) is 27.6 Å². The first kappa shape index (κ1) is 28.0. The number of para-hydroxylation sites is 4. The van der Waals surface area contributed by atoms with Gasteiger partial charge in [0.25, 0.3) is 0 Å². The molecule has 5 heterocycles. The second kappa shape index (κ2) is 10.3. The second-order valence-corrected chi connectivity index (χ2v) is 13.2. The average Bonchev–Trinajstić information content (AvgIpc) is 3.75. The van der Waals surface area contributed by atoms with Gasteiger partial charge in [0.1, 0.15) is 28.3 Å². The lowest BCUT2D eigenvalue weighted by molar-refractivity contribution is 0.484. The zero-order valence-corrected chi connectivity index (χ0v) is 27.8. The van der Waals surface area contributed by atoms with Crippen LogP contribution in [0.25, 0.3) is 88.1 Å². The smallest absolute Gasteiger partial charge is 0.165 e. The van der Waals surface area contributed by atoms with E-state index in [9.17, 15) is 0 Å². The Labute approximate surface area is 291 Å². The molecule has 0 aliphatic heterocycles. The van der Waals surface area contributed by atoms with Crippen LogP contribution in [0, 0.1) is 13.8 Å². The fraction of sp³-hybridized carbons (Fsp3) is 0.0455. The van der Waals surface area contributed by atoms with Crippen molar-refractivity contribution >= 4 is 77.0 Å². The van der Waals surface area contributed by atoms with Crippen molar-refractivity contribution in [2.45, 2.75) is 13.8 Å². The molecule has 240 valence electrons. The summed E-state index contributed by atoms with van der Waals surface area (Å²) in [6.45, 7) is 4.39. The predicted molar refractivity (Wildman–Crippen MR) is 206 cm³/mol. The van der Waals surface area contributed by atoms with Crippen molar-refractivity contribution in [2.24, 2.45) is 0 Å². The van der Waals surface area contributed by atoms with Gasteiger partial charge in [-0.05, 0) is 108 Å². The average molecular weight is 657 g/mol. The topological polar surface area (TPSA) is 69.6 Å². The Hall–Kier alpha value is -6.86. The summed E-state index contributed by atoms with van der Waals surface area (Å²) in [6.07, 6.45) is 3.47. The minimum absolute atomic E-state index is 0.709. The molecule has 0 saturated heterocycles. The van der Waals surface area contributed by atoms with Crippen LogP contribution in [0.4, 0.5) is 0 Å². The third-order valence-corrected chi connectivity index (χ3v) is 10.3. The van der Waals surface area contributed by atoms with Gasteiger partial charge < -0.3 is 4.74 Å². The summed E-state index contributed by atoms with van der Waals surface area (Å²) < 4.78 is 11.1. The van der Waals surface area contributed by atoms with Gasteiger partial charge in [0.2, 0.25) is 0 Å².